The first-order valence-corrected chi connectivity index (χ1v) is 7.98. The summed E-state index contributed by atoms with van der Waals surface area (Å²) in [4.78, 5) is 38.9. The van der Waals surface area contributed by atoms with Gasteiger partial charge in [-0.1, -0.05) is 0 Å². The number of carbonyl (C=O) groups excluding carboxylic acids is 3. The van der Waals surface area contributed by atoms with Crippen LogP contribution in [0.4, 0.5) is 4.79 Å². The Morgan fingerprint density at radius 2 is 2.17 bits per heavy atom. The van der Waals surface area contributed by atoms with Gasteiger partial charge in [-0.05, 0) is 37.7 Å². The molecule has 0 spiro atoms. The zero-order valence-corrected chi connectivity index (χ0v) is 13.8. The molecule has 1 aliphatic rings. The standard InChI is InChI=1S/C15H18N2O5S/c1-3-16(6-7-18)13(19)9-17-14(20)12(23-15(17)21)8-11-5-4-10(2)22-11/h4-5,8,18H,3,6-7,9H2,1-2H3/b12-8-. The van der Waals surface area contributed by atoms with Gasteiger partial charge in [-0.2, -0.15) is 0 Å². The van der Waals surface area contributed by atoms with Gasteiger partial charge >= 0.3 is 0 Å². The lowest BCUT2D eigenvalue weighted by atomic mass is 10.3. The number of likely N-dealkylation sites (N-methyl/N-ethyl adjacent to an activating group) is 1. The summed E-state index contributed by atoms with van der Waals surface area (Å²) < 4.78 is 5.36. The SMILES string of the molecule is CCN(CCO)C(=O)CN1C(=O)S/C(=C\c2ccc(C)o2)C1=O. The number of aliphatic hydroxyl groups excluding tert-OH is 1. The van der Waals surface area contributed by atoms with Crippen LogP contribution < -0.4 is 0 Å². The van der Waals surface area contributed by atoms with Gasteiger partial charge in [-0.15, -0.1) is 0 Å². The van der Waals surface area contributed by atoms with Gasteiger partial charge in [0, 0.05) is 19.2 Å². The third kappa shape index (κ3) is 4.02. The van der Waals surface area contributed by atoms with Crippen LogP contribution in [-0.2, 0) is 9.59 Å². The number of hydrogen-bond acceptors (Lipinski definition) is 6. The monoisotopic (exact) mass is 338 g/mol. The highest BCUT2D eigenvalue weighted by atomic mass is 32.2. The molecular weight excluding hydrogens is 320 g/mol. The Bertz CT molecular complexity index is 652. The van der Waals surface area contributed by atoms with E-state index < -0.39 is 11.1 Å². The van der Waals surface area contributed by atoms with Crippen LogP contribution in [0.2, 0.25) is 0 Å². The summed E-state index contributed by atoms with van der Waals surface area (Å²) in [7, 11) is 0. The van der Waals surface area contributed by atoms with E-state index in [0.29, 0.717) is 18.1 Å². The van der Waals surface area contributed by atoms with Crippen LogP contribution in [0.3, 0.4) is 0 Å². The number of aryl methyl sites for hydroxylation is 1. The Hall–Kier alpha value is -2.06. The quantitative estimate of drug-likeness (QED) is 0.790. The minimum absolute atomic E-state index is 0.167. The molecule has 0 saturated carbocycles. The van der Waals surface area contributed by atoms with Gasteiger partial charge in [-0.25, -0.2) is 0 Å². The van der Waals surface area contributed by atoms with Crippen LogP contribution in [0, 0.1) is 6.92 Å². The number of furan rings is 1. The summed E-state index contributed by atoms with van der Waals surface area (Å²) >= 11 is 0.779. The lowest BCUT2D eigenvalue weighted by Crippen LogP contribution is -2.43. The van der Waals surface area contributed by atoms with E-state index in [2.05, 4.69) is 0 Å². The molecule has 2 rings (SSSR count). The zero-order chi connectivity index (χ0) is 17.0. The van der Waals surface area contributed by atoms with Crippen molar-refractivity contribution in [2.75, 3.05) is 26.2 Å². The van der Waals surface area contributed by atoms with Crippen molar-refractivity contribution in [3.8, 4) is 0 Å². The van der Waals surface area contributed by atoms with Crippen LogP contribution in [0.15, 0.2) is 21.5 Å². The largest absolute Gasteiger partial charge is 0.462 e. The summed E-state index contributed by atoms with van der Waals surface area (Å²) in [5.41, 5.74) is 0. The fourth-order valence-corrected chi connectivity index (χ4v) is 2.93. The van der Waals surface area contributed by atoms with Gasteiger partial charge < -0.3 is 14.4 Å². The van der Waals surface area contributed by atoms with Crippen LogP contribution in [0.1, 0.15) is 18.4 Å². The van der Waals surface area contributed by atoms with E-state index in [-0.39, 0.29) is 30.5 Å². The molecule has 1 aliphatic heterocycles. The van der Waals surface area contributed by atoms with Gasteiger partial charge in [0.05, 0.1) is 11.5 Å². The summed E-state index contributed by atoms with van der Waals surface area (Å²) in [5, 5.41) is 8.44. The Balaban J connectivity index is 2.09. The van der Waals surface area contributed by atoms with Crippen LogP contribution in [-0.4, -0.2) is 58.2 Å². The average Bonchev–Trinajstić information content (AvgIpc) is 3.03. The summed E-state index contributed by atoms with van der Waals surface area (Å²) in [5.74, 6) is 0.296. The first-order valence-electron chi connectivity index (χ1n) is 7.16. The van der Waals surface area contributed by atoms with Gasteiger partial charge in [0.15, 0.2) is 0 Å². The molecule has 3 amide bonds. The van der Waals surface area contributed by atoms with Crippen molar-refractivity contribution in [2.24, 2.45) is 0 Å². The number of imide groups is 1. The molecule has 0 atom stereocenters. The average molecular weight is 338 g/mol. The lowest BCUT2D eigenvalue weighted by Gasteiger charge is -2.22. The van der Waals surface area contributed by atoms with Crippen molar-refractivity contribution in [1.29, 1.82) is 0 Å². The Morgan fingerprint density at radius 3 is 2.74 bits per heavy atom. The number of carbonyl (C=O) groups is 3. The molecule has 8 heteroatoms. The number of aliphatic hydroxyl groups is 1. The molecule has 1 aromatic rings. The molecule has 124 valence electrons. The Morgan fingerprint density at radius 1 is 1.43 bits per heavy atom. The molecule has 0 unspecified atom stereocenters. The van der Waals surface area contributed by atoms with Gasteiger partial charge in [0.25, 0.3) is 11.1 Å². The second kappa shape index (κ2) is 7.47. The van der Waals surface area contributed by atoms with E-state index in [4.69, 9.17) is 9.52 Å². The molecule has 2 heterocycles. The molecular formula is C15H18N2O5S. The fraction of sp³-hybridized carbons (Fsp3) is 0.400. The molecule has 7 nitrogen and oxygen atoms in total. The lowest BCUT2D eigenvalue weighted by molar-refractivity contribution is -0.136. The van der Waals surface area contributed by atoms with Crippen LogP contribution >= 0.6 is 11.8 Å². The normalized spacial score (nSPS) is 16.5. The number of thioether (sulfide) groups is 1. The highest BCUT2D eigenvalue weighted by molar-refractivity contribution is 8.18. The summed E-state index contributed by atoms with van der Waals surface area (Å²) in [6.07, 6.45) is 1.49. The molecule has 0 aliphatic carbocycles. The predicted molar refractivity (Wildman–Crippen MR) is 85.5 cm³/mol. The Kier molecular flexibility index (Phi) is 5.62. The highest BCUT2D eigenvalue weighted by Gasteiger charge is 2.37. The molecule has 0 aromatic carbocycles. The minimum atomic E-state index is -0.512. The maximum absolute atomic E-state index is 12.3. The van der Waals surface area contributed by atoms with E-state index in [9.17, 15) is 14.4 Å². The van der Waals surface area contributed by atoms with E-state index in [0.717, 1.165) is 16.7 Å². The molecule has 1 fully saturated rings. The van der Waals surface area contributed by atoms with E-state index in [1.165, 1.54) is 11.0 Å². The van der Waals surface area contributed by atoms with Gasteiger partial charge in [0.2, 0.25) is 5.91 Å². The van der Waals surface area contributed by atoms with E-state index in [1.807, 2.05) is 0 Å². The second-order valence-corrected chi connectivity index (χ2v) is 5.91. The predicted octanol–water partition coefficient (Wildman–Crippen LogP) is 1.47. The second-order valence-electron chi connectivity index (χ2n) is 4.91. The zero-order valence-electron chi connectivity index (χ0n) is 12.9. The molecule has 0 bridgehead atoms. The number of hydrogen-bond donors (Lipinski definition) is 1. The topological polar surface area (TPSA) is 91.1 Å². The summed E-state index contributed by atoms with van der Waals surface area (Å²) in [6.45, 7) is 3.62. The maximum atomic E-state index is 12.3. The number of rotatable bonds is 6. The van der Waals surface area contributed by atoms with Crippen molar-refractivity contribution in [3.63, 3.8) is 0 Å². The van der Waals surface area contributed by atoms with Crippen LogP contribution in [0.5, 0.6) is 0 Å². The number of nitrogens with zero attached hydrogens (tertiary/aromatic N) is 2. The van der Waals surface area contributed by atoms with Gasteiger partial charge in [0.1, 0.15) is 18.1 Å². The van der Waals surface area contributed by atoms with Crippen molar-refractivity contribution in [1.82, 2.24) is 9.80 Å². The van der Waals surface area contributed by atoms with Crippen molar-refractivity contribution < 1.29 is 23.9 Å². The molecule has 1 aromatic heterocycles. The number of amides is 3. The third-order valence-electron chi connectivity index (χ3n) is 3.31. The third-order valence-corrected chi connectivity index (χ3v) is 4.21. The maximum Gasteiger partial charge on any atom is 0.294 e. The highest BCUT2D eigenvalue weighted by Crippen LogP contribution is 2.32. The Labute approximate surface area is 137 Å². The van der Waals surface area contributed by atoms with Crippen molar-refractivity contribution >= 4 is 34.9 Å². The van der Waals surface area contributed by atoms with E-state index in [1.54, 1.807) is 26.0 Å². The first-order chi connectivity index (χ1) is 11.0. The van der Waals surface area contributed by atoms with Crippen LogP contribution in [0.25, 0.3) is 6.08 Å². The fourth-order valence-electron chi connectivity index (χ4n) is 2.11. The van der Waals surface area contributed by atoms with E-state index >= 15 is 0 Å². The molecule has 1 N–H and O–H groups in total. The molecule has 23 heavy (non-hydrogen) atoms. The summed E-state index contributed by atoms with van der Waals surface area (Å²) in [6, 6.07) is 3.46. The van der Waals surface area contributed by atoms with Gasteiger partial charge in [-0.3, -0.25) is 19.3 Å². The smallest absolute Gasteiger partial charge is 0.294 e. The first kappa shape index (κ1) is 17.3. The minimum Gasteiger partial charge on any atom is -0.462 e. The molecule has 0 radical (unpaired) electrons. The van der Waals surface area contributed by atoms with Crippen molar-refractivity contribution in [3.05, 3.63) is 28.6 Å². The molecule has 1 saturated heterocycles. The van der Waals surface area contributed by atoms with Crippen molar-refractivity contribution in [2.45, 2.75) is 13.8 Å².